The van der Waals surface area contributed by atoms with E-state index >= 15 is 0 Å². The molecule has 4 nitrogen and oxygen atoms in total. The monoisotopic (exact) mass is 326 g/mol. The zero-order valence-electron chi connectivity index (χ0n) is 16.0. The SMILES string of the molecule is CC1(CC(=O)OC(C)(C)C)CCC(CC(=O)OC(C)(C)C)CC1. The summed E-state index contributed by atoms with van der Waals surface area (Å²) in [6.45, 7) is 13.5. The van der Waals surface area contributed by atoms with Crippen LogP contribution >= 0.6 is 0 Å². The second kappa shape index (κ2) is 7.23. The zero-order chi connectivity index (χ0) is 17.9. The van der Waals surface area contributed by atoms with Crippen LogP contribution in [0.1, 0.15) is 87.0 Å². The van der Waals surface area contributed by atoms with E-state index in [1.807, 2.05) is 41.5 Å². The highest BCUT2D eigenvalue weighted by atomic mass is 16.6. The molecule has 0 radical (unpaired) electrons. The predicted molar refractivity (Wildman–Crippen MR) is 91.0 cm³/mol. The van der Waals surface area contributed by atoms with Crippen molar-refractivity contribution in [1.82, 2.24) is 0 Å². The number of hydrogen-bond donors (Lipinski definition) is 0. The highest BCUT2D eigenvalue weighted by Gasteiger charge is 2.35. The summed E-state index contributed by atoms with van der Waals surface area (Å²) in [7, 11) is 0. The number of rotatable bonds is 4. The minimum absolute atomic E-state index is 0.00718. The molecule has 0 N–H and O–H groups in total. The van der Waals surface area contributed by atoms with Crippen molar-refractivity contribution in [2.24, 2.45) is 11.3 Å². The van der Waals surface area contributed by atoms with E-state index in [1.165, 1.54) is 0 Å². The Morgan fingerprint density at radius 3 is 1.78 bits per heavy atom. The maximum absolute atomic E-state index is 12.1. The lowest BCUT2D eigenvalue weighted by Gasteiger charge is -2.37. The molecule has 1 fully saturated rings. The van der Waals surface area contributed by atoms with Gasteiger partial charge >= 0.3 is 11.9 Å². The van der Waals surface area contributed by atoms with Gasteiger partial charge in [0.25, 0.3) is 0 Å². The first-order valence-electron chi connectivity index (χ1n) is 8.72. The van der Waals surface area contributed by atoms with E-state index in [1.54, 1.807) is 0 Å². The van der Waals surface area contributed by atoms with Crippen molar-refractivity contribution < 1.29 is 19.1 Å². The van der Waals surface area contributed by atoms with Crippen LogP contribution in [-0.2, 0) is 19.1 Å². The smallest absolute Gasteiger partial charge is 0.306 e. The minimum Gasteiger partial charge on any atom is -0.460 e. The summed E-state index contributed by atoms with van der Waals surface area (Å²) in [5.74, 6) is 0.139. The lowest BCUT2D eigenvalue weighted by molar-refractivity contribution is -0.160. The van der Waals surface area contributed by atoms with E-state index in [0.717, 1.165) is 25.7 Å². The Bertz CT molecular complexity index is 418. The van der Waals surface area contributed by atoms with E-state index in [2.05, 4.69) is 6.92 Å². The van der Waals surface area contributed by atoms with Gasteiger partial charge in [-0.1, -0.05) is 6.92 Å². The highest BCUT2D eigenvalue weighted by molar-refractivity contribution is 5.71. The first kappa shape index (κ1) is 20.0. The third-order valence-corrected chi connectivity index (χ3v) is 4.18. The molecule has 0 aliphatic heterocycles. The first-order chi connectivity index (χ1) is 10.3. The summed E-state index contributed by atoms with van der Waals surface area (Å²) in [5.41, 5.74) is -0.856. The molecule has 134 valence electrons. The Balaban J connectivity index is 2.42. The van der Waals surface area contributed by atoms with Crippen molar-refractivity contribution in [2.75, 3.05) is 0 Å². The predicted octanol–water partition coefficient (Wildman–Crippen LogP) is 4.65. The topological polar surface area (TPSA) is 52.6 Å². The second-order valence-electron chi connectivity index (χ2n) is 9.31. The Labute approximate surface area is 141 Å². The fourth-order valence-corrected chi connectivity index (χ4v) is 3.10. The molecule has 1 aliphatic rings. The molecule has 1 rings (SSSR count). The molecule has 0 saturated heterocycles. The largest absolute Gasteiger partial charge is 0.460 e. The van der Waals surface area contributed by atoms with E-state index in [0.29, 0.717) is 18.8 Å². The number of carbonyl (C=O) groups is 2. The van der Waals surface area contributed by atoms with E-state index in [4.69, 9.17) is 9.47 Å². The third-order valence-electron chi connectivity index (χ3n) is 4.18. The van der Waals surface area contributed by atoms with Crippen LogP contribution < -0.4 is 0 Å². The fourth-order valence-electron chi connectivity index (χ4n) is 3.10. The van der Waals surface area contributed by atoms with Gasteiger partial charge in [-0.3, -0.25) is 9.59 Å². The van der Waals surface area contributed by atoms with Gasteiger partial charge < -0.3 is 9.47 Å². The molecule has 0 atom stereocenters. The molecule has 0 unspecified atom stereocenters. The Kier molecular flexibility index (Phi) is 6.28. The van der Waals surface area contributed by atoms with E-state index < -0.39 is 11.2 Å². The Hall–Kier alpha value is -1.06. The molecule has 1 aliphatic carbocycles. The quantitative estimate of drug-likeness (QED) is 0.706. The van der Waals surface area contributed by atoms with Gasteiger partial charge in [-0.15, -0.1) is 0 Å². The summed E-state index contributed by atoms with van der Waals surface area (Å²) in [5, 5.41) is 0. The summed E-state index contributed by atoms with van der Waals surface area (Å²) in [6.07, 6.45) is 4.81. The van der Waals surface area contributed by atoms with Crippen LogP contribution in [0.25, 0.3) is 0 Å². The van der Waals surface area contributed by atoms with Gasteiger partial charge in [-0.2, -0.15) is 0 Å². The molecule has 0 aromatic carbocycles. The molecule has 0 bridgehead atoms. The summed E-state index contributed by atoms with van der Waals surface area (Å²) in [4.78, 5) is 24.0. The van der Waals surface area contributed by atoms with Crippen molar-refractivity contribution in [1.29, 1.82) is 0 Å². The van der Waals surface area contributed by atoms with Crippen molar-refractivity contribution in [2.45, 2.75) is 98.2 Å². The highest BCUT2D eigenvalue weighted by Crippen LogP contribution is 2.42. The molecule has 23 heavy (non-hydrogen) atoms. The van der Waals surface area contributed by atoms with Gasteiger partial charge in [0.1, 0.15) is 11.2 Å². The van der Waals surface area contributed by atoms with Crippen molar-refractivity contribution in [3.63, 3.8) is 0 Å². The maximum atomic E-state index is 12.1. The molecule has 0 aromatic heterocycles. The van der Waals surface area contributed by atoms with E-state index in [9.17, 15) is 9.59 Å². The summed E-state index contributed by atoms with van der Waals surface area (Å²) >= 11 is 0. The standard InChI is InChI=1S/C19H34O4/c1-17(2,3)22-15(20)12-14-8-10-19(7,11-9-14)13-16(21)23-18(4,5)6/h14H,8-13H2,1-7H3. The van der Waals surface area contributed by atoms with Crippen molar-refractivity contribution >= 4 is 11.9 Å². The van der Waals surface area contributed by atoms with Crippen LogP contribution in [0.5, 0.6) is 0 Å². The molecule has 0 amide bonds. The molecular weight excluding hydrogens is 292 g/mol. The van der Waals surface area contributed by atoms with Gasteiger partial charge in [0.2, 0.25) is 0 Å². The van der Waals surface area contributed by atoms with Crippen molar-refractivity contribution in [3.8, 4) is 0 Å². The summed E-state index contributed by atoms with van der Waals surface area (Å²) in [6, 6.07) is 0. The number of carbonyl (C=O) groups excluding carboxylic acids is 2. The molecular formula is C19H34O4. The second-order valence-corrected chi connectivity index (χ2v) is 9.31. The molecule has 0 aromatic rings. The van der Waals surface area contributed by atoms with Crippen molar-refractivity contribution in [3.05, 3.63) is 0 Å². The van der Waals surface area contributed by atoms with Crippen LogP contribution in [0, 0.1) is 11.3 Å². The van der Waals surface area contributed by atoms with Gasteiger partial charge in [0.05, 0.1) is 6.42 Å². The number of ether oxygens (including phenoxy) is 2. The number of esters is 2. The molecule has 0 spiro atoms. The van der Waals surface area contributed by atoms with Gasteiger partial charge in [-0.25, -0.2) is 0 Å². The lowest BCUT2D eigenvalue weighted by atomic mass is 9.69. The minimum atomic E-state index is -0.429. The molecule has 1 saturated carbocycles. The molecule has 0 heterocycles. The van der Waals surface area contributed by atoms with Crippen LogP contribution in [-0.4, -0.2) is 23.1 Å². The number of hydrogen-bond acceptors (Lipinski definition) is 4. The van der Waals surface area contributed by atoms with Gasteiger partial charge in [-0.05, 0) is 78.6 Å². The van der Waals surface area contributed by atoms with Crippen LogP contribution in [0.15, 0.2) is 0 Å². The first-order valence-corrected chi connectivity index (χ1v) is 8.72. The normalized spacial score (nSPS) is 25.8. The average Bonchev–Trinajstić information content (AvgIpc) is 2.27. The Morgan fingerprint density at radius 1 is 0.913 bits per heavy atom. The van der Waals surface area contributed by atoms with Gasteiger partial charge in [0.15, 0.2) is 0 Å². The molecule has 4 heteroatoms. The van der Waals surface area contributed by atoms with Crippen LogP contribution in [0.2, 0.25) is 0 Å². The van der Waals surface area contributed by atoms with Crippen LogP contribution in [0.4, 0.5) is 0 Å². The zero-order valence-corrected chi connectivity index (χ0v) is 16.0. The third kappa shape index (κ3) is 8.38. The average molecular weight is 326 g/mol. The Morgan fingerprint density at radius 2 is 1.35 bits per heavy atom. The van der Waals surface area contributed by atoms with Gasteiger partial charge in [0, 0.05) is 6.42 Å². The van der Waals surface area contributed by atoms with Crippen LogP contribution in [0.3, 0.4) is 0 Å². The maximum Gasteiger partial charge on any atom is 0.306 e. The summed E-state index contributed by atoms with van der Waals surface area (Å²) < 4.78 is 10.8. The fraction of sp³-hybridized carbons (Fsp3) is 0.895. The lowest BCUT2D eigenvalue weighted by Crippen LogP contribution is -2.32. The van der Waals surface area contributed by atoms with E-state index in [-0.39, 0.29) is 17.4 Å².